The first-order valence-corrected chi connectivity index (χ1v) is 4.04. The van der Waals surface area contributed by atoms with Gasteiger partial charge in [0.2, 0.25) is 0 Å². The molecule has 0 spiro atoms. The maximum Gasteiger partial charge on any atom is 0.0843 e. The third-order valence-corrected chi connectivity index (χ3v) is 2.12. The van der Waals surface area contributed by atoms with Crippen LogP contribution in [0.3, 0.4) is 0 Å². The Hall–Kier alpha value is -0.890. The molecular formula is C10H14N2. The topological polar surface area (TPSA) is 16.1 Å². The van der Waals surface area contributed by atoms with Gasteiger partial charge in [-0.2, -0.15) is 0 Å². The summed E-state index contributed by atoms with van der Waals surface area (Å²) in [5.74, 6) is 0. The predicted octanol–water partition coefficient (Wildman–Crippen LogP) is 1.85. The summed E-state index contributed by atoms with van der Waals surface area (Å²) in [5.41, 5.74) is 0.151. The van der Waals surface area contributed by atoms with Crippen LogP contribution in [0.2, 0.25) is 0 Å². The number of hydrogen-bond acceptors (Lipinski definition) is 2. The molecule has 1 aliphatic heterocycles. The average Bonchev–Trinajstić information content (AvgIpc) is 2.57. The average molecular weight is 167 g/mol. The second kappa shape index (κ2) is 3.23. The second-order valence-electron chi connectivity index (χ2n) is 2.93. The third-order valence-electron chi connectivity index (χ3n) is 2.12. The summed E-state index contributed by atoms with van der Waals surface area (Å²) in [5, 5.41) is 0. The number of aromatic nitrogens is 1. The third kappa shape index (κ3) is 1.34. The van der Waals surface area contributed by atoms with Crippen molar-refractivity contribution in [2.45, 2.75) is 18.9 Å². The fourth-order valence-corrected chi connectivity index (χ4v) is 1.49. The number of rotatable bonds is 1. The van der Waals surface area contributed by atoms with Crippen LogP contribution in [-0.4, -0.2) is 23.5 Å². The molecule has 12 heavy (non-hydrogen) atoms. The van der Waals surface area contributed by atoms with Crippen molar-refractivity contribution in [1.82, 2.24) is 9.88 Å². The highest BCUT2D eigenvalue weighted by atomic mass is 15.1. The molecule has 1 aliphatic rings. The van der Waals surface area contributed by atoms with Crippen LogP contribution < -0.4 is 0 Å². The molecule has 64 valence electrons. The normalized spacial score (nSPS) is 36.6. The van der Waals surface area contributed by atoms with E-state index < -0.39 is 6.02 Å². The standard InChI is InChI=1S/C10H14N2/c1-12-7-3-5-10(12)9-4-2-6-11-8-9/h2,4,6,8,10H,3,5,7H2,1H3/t10-/m0/s1/i2D,4D,6D,8D,10D. The Bertz CT molecular complexity index is 464. The Labute approximate surface area is 80.3 Å². The van der Waals surface area contributed by atoms with Crippen LogP contribution >= 0.6 is 0 Å². The summed E-state index contributed by atoms with van der Waals surface area (Å²) in [4.78, 5) is 5.40. The zero-order valence-electron chi connectivity index (χ0n) is 12.0. The summed E-state index contributed by atoms with van der Waals surface area (Å²) in [6.07, 6.45) is 0.766. The number of likely N-dealkylation sites (tertiary alicyclic amines) is 1. The molecule has 1 saturated heterocycles. The van der Waals surface area contributed by atoms with Crippen LogP contribution in [0.15, 0.2) is 24.4 Å². The van der Waals surface area contributed by atoms with E-state index in [-0.39, 0.29) is 30.0 Å². The van der Waals surface area contributed by atoms with E-state index in [0.29, 0.717) is 6.42 Å². The van der Waals surface area contributed by atoms with Crippen LogP contribution in [0.1, 0.15) is 31.3 Å². The van der Waals surface area contributed by atoms with Crippen molar-refractivity contribution in [1.29, 1.82) is 0 Å². The lowest BCUT2D eigenvalue weighted by atomic mass is 10.1. The number of pyridine rings is 1. The van der Waals surface area contributed by atoms with Gasteiger partial charge in [-0.25, -0.2) is 0 Å². The lowest BCUT2D eigenvalue weighted by molar-refractivity contribution is 0.317. The lowest BCUT2D eigenvalue weighted by Crippen LogP contribution is -2.17. The van der Waals surface area contributed by atoms with Crippen molar-refractivity contribution in [2.24, 2.45) is 0 Å². The molecule has 0 radical (unpaired) electrons. The highest BCUT2D eigenvalue weighted by molar-refractivity contribution is 5.14. The summed E-state index contributed by atoms with van der Waals surface area (Å²) < 4.78 is 38.9. The molecule has 1 aromatic rings. The molecule has 2 rings (SSSR count). The highest BCUT2D eigenvalue weighted by Gasteiger charge is 2.21. The van der Waals surface area contributed by atoms with Crippen LogP contribution in [-0.2, 0) is 0 Å². The van der Waals surface area contributed by atoms with Gasteiger partial charge in [-0.1, -0.05) is 6.04 Å². The van der Waals surface area contributed by atoms with Gasteiger partial charge in [-0.15, -0.1) is 0 Å². The minimum Gasteiger partial charge on any atom is -0.299 e. The summed E-state index contributed by atoms with van der Waals surface area (Å²) in [7, 11) is 1.77. The number of hydrogen-bond donors (Lipinski definition) is 0. The van der Waals surface area contributed by atoms with Crippen molar-refractivity contribution in [2.75, 3.05) is 13.6 Å². The van der Waals surface area contributed by atoms with Gasteiger partial charge >= 0.3 is 0 Å². The molecule has 2 heterocycles. The Morgan fingerprint density at radius 1 is 1.83 bits per heavy atom. The van der Waals surface area contributed by atoms with Crippen LogP contribution in [0.4, 0.5) is 0 Å². The molecular weight excluding hydrogens is 148 g/mol. The molecule has 0 aliphatic carbocycles. The molecule has 0 aromatic carbocycles. The predicted molar refractivity (Wildman–Crippen MR) is 48.8 cm³/mol. The van der Waals surface area contributed by atoms with E-state index in [2.05, 4.69) is 4.98 Å². The summed E-state index contributed by atoms with van der Waals surface area (Å²) in [6.45, 7) is 0.734. The summed E-state index contributed by atoms with van der Waals surface area (Å²) in [6, 6.07) is -1.66. The minimum atomic E-state index is -1.15. The van der Waals surface area contributed by atoms with Gasteiger partial charge < -0.3 is 0 Å². The maximum atomic E-state index is 8.38. The maximum absolute atomic E-state index is 8.38. The minimum absolute atomic E-state index is 0.151. The highest BCUT2D eigenvalue weighted by Crippen LogP contribution is 2.29. The Morgan fingerprint density at radius 2 is 2.75 bits per heavy atom. The molecule has 2 heteroatoms. The first-order chi connectivity index (χ1) is 7.88. The van der Waals surface area contributed by atoms with Gasteiger partial charge in [0.05, 0.1) is 6.85 Å². The van der Waals surface area contributed by atoms with E-state index >= 15 is 0 Å². The molecule has 0 N–H and O–H groups in total. The lowest BCUT2D eigenvalue weighted by Gasteiger charge is -2.18. The van der Waals surface area contributed by atoms with Crippen molar-refractivity contribution >= 4 is 0 Å². The van der Waals surface area contributed by atoms with E-state index in [1.165, 1.54) is 0 Å². The van der Waals surface area contributed by atoms with Crippen molar-refractivity contribution in [3.8, 4) is 0 Å². The monoisotopic (exact) mass is 167 g/mol. The molecule has 0 unspecified atom stereocenters. The van der Waals surface area contributed by atoms with Crippen LogP contribution in [0.25, 0.3) is 0 Å². The number of nitrogens with zero attached hydrogens (tertiary/aromatic N) is 2. The van der Waals surface area contributed by atoms with E-state index in [1.54, 1.807) is 11.9 Å². The van der Waals surface area contributed by atoms with Crippen LogP contribution in [0, 0.1) is 0 Å². The SMILES string of the molecule is [2H]c1nc([2H])c([C@]2([2H])CCCN2C)c([2H])c1[2H]. The van der Waals surface area contributed by atoms with E-state index in [9.17, 15) is 0 Å². The van der Waals surface area contributed by atoms with Gasteiger partial charge in [-0.05, 0) is 38.0 Å². The smallest absolute Gasteiger partial charge is 0.0843 e. The molecule has 2 nitrogen and oxygen atoms in total. The van der Waals surface area contributed by atoms with Crippen molar-refractivity contribution in [3.05, 3.63) is 30.0 Å². The van der Waals surface area contributed by atoms with Gasteiger partial charge in [0.25, 0.3) is 0 Å². The van der Waals surface area contributed by atoms with Crippen molar-refractivity contribution < 1.29 is 6.85 Å². The van der Waals surface area contributed by atoms with Gasteiger partial charge in [0.1, 0.15) is 0 Å². The first-order valence-electron chi connectivity index (χ1n) is 6.54. The Morgan fingerprint density at radius 3 is 3.50 bits per heavy atom. The van der Waals surface area contributed by atoms with E-state index in [0.717, 1.165) is 13.0 Å². The van der Waals surface area contributed by atoms with Gasteiger partial charge in [0.15, 0.2) is 0 Å². The van der Waals surface area contributed by atoms with Crippen LogP contribution in [0.5, 0.6) is 0 Å². The van der Waals surface area contributed by atoms with E-state index in [4.69, 9.17) is 6.85 Å². The largest absolute Gasteiger partial charge is 0.299 e. The molecule has 1 fully saturated rings. The fourth-order valence-electron chi connectivity index (χ4n) is 1.49. The van der Waals surface area contributed by atoms with Gasteiger partial charge in [-0.3, -0.25) is 9.88 Å². The van der Waals surface area contributed by atoms with Crippen molar-refractivity contribution in [3.63, 3.8) is 0 Å². The zero-order valence-corrected chi connectivity index (χ0v) is 7.02. The van der Waals surface area contributed by atoms with E-state index in [1.807, 2.05) is 0 Å². The molecule has 0 bridgehead atoms. The molecule has 1 aromatic heterocycles. The fraction of sp³-hybridized carbons (Fsp3) is 0.500. The second-order valence-corrected chi connectivity index (χ2v) is 2.93. The zero-order chi connectivity index (χ0) is 12.8. The Balaban J connectivity index is 2.63. The quantitative estimate of drug-likeness (QED) is 0.634. The molecule has 1 atom stereocenters. The summed E-state index contributed by atoms with van der Waals surface area (Å²) >= 11 is 0. The molecule has 0 amide bonds. The van der Waals surface area contributed by atoms with Gasteiger partial charge in [0, 0.05) is 18.4 Å². The first kappa shape index (κ1) is 3.88. The molecule has 0 saturated carbocycles. The Kier molecular flexibility index (Phi) is 1.05.